The van der Waals surface area contributed by atoms with E-state index in [1.54, 1.807) is 11.6 Å². The van der Waals surface area contributed by atoms with Crippen LogP contribution in [0.25, 0.3) is 16.9 Å². The van der Waals surface area contributed by atoms with Crippen LogP contribution in [0.2, 0.25) is 0 Å². The van der Waals surface area contributed by atoms with Crippen molar-refractivity contribution in [3.8, 4) is 16.9 Å². The van der Waals surface area contributed by atoms with E-state index < -0.39 is 6.04 Å². The number of allylic oxidation sites excluding steroid dienone is 1. The molecule has 0 bridgehead atoms. The number of urea groups is 1. The molecule has 0 spiro atoms. The van der Waals surface area contributed by atoms with E-state index in [0.717, 1.165) is 16.8 Å². The molecule has 34 heavy (non-hydrogen) atoms. The summed E-state index contributed by atoms with van der Waals surface area (Å²) in [6, 6.07) is 27.6. The molecule has 3 aromatic carbocycles. The number of carbonyl (C=O) groups is 2. The van der Waals surface area contributed by atoms with Crippen LogP contribution in [-0.2, 0) is 4.79 Å². The van der Waals surface area contributed by atoms with Gasteiger partial charge in [0.25, 0.3) is 5.91 Å². The predicted octanol–water partition coefficient (Wildman–Crippen LogP) is 4.81. The van der Waals surface area contributed by atoms with Crippen LogP contribution >= 0.6 is 0 Å². The molecule has 1 unspecified atom stereocenters. The maximum Gasteiger partial charge on any atom is 0.319 e. The van der Waals surface area contributed by atoms with Gasteiger partial charge in [0.1, 0.15) is 0 Å². The van der Waals surface area contributed by atoms with E-state index in [-0.39, 0.29) is 11.9 Å². The fourth-order valence-electron chi connectivity index (χ4n) is 4.08. The molecule has 7 nitrogen and oxygen atoms in total. The number of aromatic nitrogens is 2. The summed E-state index contributed by atoms with van der Waals surface area (Å²) in [5.74, 6) is -0.298. The Labute approximate surface area is 197 Å². The quantitative estimate of drug-likeness (QED) is 0.409. The lowest BCUT2D eigenvalue weighted by atomic mass is 9.93. The fourth-order valence-corrected chi connectivity index (χ4v) is 4.08. The Balaban J connectivity index is 1.62. The number of anilines is 1. The van der Waals surface area contributed by atoms with Crippen LogP contribution in [0.5, 0.6) is 0 Å². The van der Waals surface area contributed by atoms with Gasteiger partial charge in [-0.15, -0.1) is 0 Å². The second-order valence-corrected chi connectivity index (χ2v) is 7.97. The highest BCUT2D eigenvalue weighted by atomic mass is 16.2. The van der Waals surface area contributed by atoms with Crippen LogP contribution < -0.4 is 16.0 Å². The number of benzene rings is 3. The van der Waals surface area contributed by atoms with Gasteiger partial charge in [0, 0.05) is 28.7 Å². The molecule has 0 radical (unpaired) electrons. The third kappa shape index (κ3) is 4.19. The molecule has 2 heterocycles. The van der Waals surface area contributed by atoms with Gasteiger partial charge >= 0.3 is 6.03 Å². The van der Waals surface area contributed by atoms with Crippen molar-refractivity contribution in [2.24, 2.45) is 0 Å². The van der Waals surface area contributed by atoms with Crippen molar-refractivity contribution < 1.29 is 9.59 Å². The molecule has 0 aliphatic carbocycles. The van der Waals surface area contributed by atoms with Crippen molar-refractivity contribution in [2.75, 3.05) is 5.32 Å². The maximum atomic E-state index is 13.4. The molecule has 0 fully saturated rings. The van der Waals surface area contributed by atoms with Crippen molar-refractivity contribution in [1.29, 1.82) is 0 Å². The van der Waals surface area contributed by atoms with Gasteiger partial charge in [-0.3, -0.25) is 4.79 Å². The van der Waals surface area contributed by atoms with Crippen LogP contribution in [0.4, 0.5) is 10.5 Å². The zero-order chi connectivity index (χ0) is 23.5. The third-order valence-corrected chi connectivity index (χ3v) is 5.67. The van der Waals surface area contributed by atoms with Crippen molar-refractivity contribution >= 4 is 17.6 Å². The Hall–Kier alpha value is -4.65. The minimum absolute atomic E-state index is 0.298. The van der Waals surface area contributed by atoms with Crippen LogP contribution in [0.15, 0.2) is 108 Å². The molecule has 1 aliphatic heterocycles. The lowest BCUT2D eigenvalue weighted by Crippen LogP contribution is -2.46. The van der Waals surface area contributed by atoms with E-state index in [0.29, 0.717) is 22.7 Å². The summed E-state index contributed by atoms with van der Waals surface area (Å²) in [6.45, 7) is 1.73. The monoisotopic (exact) mass is 449 g/mol. The second-order valence-electron chi connectivity index (χ2n) is 7.97. The number of para-hydroxylation sites is 2. The summed E-state index contributed by atoms with van der Waals surface area (Å²) < 4.78 is 1.77. The number of nitrogens with one attached hydrogen (secondary N) is 3. The van der Waals surface area contributed by atoms with Gasteiger partial charge in [0.05, 0.1) is 23.0 Å². The first-order valence-electron chi connectivity index (χ1n) is 11.0. The molecule has 1 atom stereocenters. The summed E-state index contributed by atoms with van der Waals surface area (Å²) >= 11 is 0. The first kappa shape index (κ1) is 21.2. The molecular formula is C27H23N5O2. The molecule has 3 N–H and O–H groups in total. The topological polar surface area (TPSA) is 88.1 Å². The van der Waals surface area contributed by atoms with E-state index in [2.05, 4.69) is 16.0 Å². The second kappa shape index (κ2) is 9.07. The Morgan fingerprint density at radius 3 is 2.21 bits per heavy atom. The largest absolute Gasteiger partial charge is 0.327 e. The average Bonchev–Trinajstić information content (AvgIpc) is 3.31. The van der Waals surface area contributed by atoms with Crippen molar-refractivity contribution in [2.45, 2.75) is 13.0 Å². The Morgan fingerprint density at radius 2 is 1.53 bits per heavy atom. The molecular weight excluding hydrogens is 426 g/mol. The van der Waals surface area contributed by atoms with Crippen LogP contribution in [0, 0.1) is 0 Å². The van der Waals surface area contributed by atoms with Gasteiger partial charge in [-0.05, 0) is 31.2 Å². The molecule has 3 amide bonds. The van der Waals surface area contributed by atoms with Gasteiger partial charge in [-0.1, -0.05) is 66.7 Å². The van der Waals surface area contributed by atoms with E-state index in [1.807, 2.05) is 97.2 Å². The van der Waals surface area contributed by atoms with Crippen LogP contribution in [0.1, 0.15) is 18.5 Å². The predicted molar refractivity (Wildman–Crippen MR) is 131 cm³/mol. The normalized spacial score (nSPS) is 15.4. The summed E-state index contributed by atoms with van der Waals surface area (Å²) in [5.41, 5.74) is 4.77. The van der Waals surface area contributed by atoms with E-state index in [4.69, 9.17) is 5.10 Å². The van der Waals surface area contributed by atoms with Gasteiger partial charge in [0.15, 0.2) is 0 Å². The lowest BCUT2D eigenvalue weighted by Gasteiger charge is -2.28. The number of amides is 3. The first-order valence-corrected chi connectivity index (χ1v) is 11.0. The SMILES string of the molecule is CC1=C(C(=O)Nc2ccccc2)C(c2cn(-c3ccccc3)nc2-c2ccccc2)NC(=O)N1. The molecule has 5 rings (SSSR count). The van der Waals surface area contributed by atoms with Crippen LogP contribution in [0.3, 0.4) is 0 Å². The number of hydrogen-bond donors (Lipinski definition) is 3. The standard InChI is InChI=1S/C27H23N5O2/c1-18-23(26(33)29-20-13-7-3-8-14-20)25(30-27(34)28-18)22-17-32(21-15-9-4-10-16-21)31-24(22)19-11-5-2-6-12-19/h2-17,25H,1H3,(H,29,33)(H2,28,30,34). The molecule has 1 aliphatic rings. The maximum absolute atomic E-state index is 13.4. The lowest BCUT2D eigenvalue weighted by molar-refractivity contribution is -0.113. The Bertz CT molecular complexity index is 1360. The fraction of sp³-hybridized carbons (Fsp3) is 0.0741. The van der Waals surface area contributed by atoms with Crippen molar-refractivity contribution in [3.63, 3.8) is 0 Å². The summed E-state index contributed by atoms with van der Waals surface area (Å²) in [4.78, 5) is 25.9. The first-order chi connectivity index (χ1) is 16.6. The summed E-state index contributed by atoms with van der Waals surface area (Å²) in [5, 5.41) is 13.5. The number of rotatable bonds is 5. The molecule has 1 aromatic heterocycles. The Morgan fingerprint density at radius 1 is 0.912 bits per heavy atom. The van der Waals surface area contributed by atoms with Crippen LogP contribution in [-0.4, -0.2) is 21.7 Å². The molecule has 0 saturated heterocycles. The molecule has 168 valence electrons. The van der Waals surface area contributed by atoms with Crippen molar-refractivity contribution in [3.05, 3.63) is 114 Å². The molecule has 7 heteroatoms. The van der Waals surface area contributed by atoms with E-state index in [9.17, 15) is 9.59 Å². The highest BCUT2D eigenvalue weighted by molar-refractivity contribution is 6.07. The minimum Gasteiger partial charge on any atom is -0.327 e. The van der Waals surface area contributed by atoms with Crippen molar-refractivity contribution in [1.82, 2.24) is 20.4 Å². The Kier molecular flexibility index (Phi) is 5.66. The molecule has 0 saturated carbocycles. The highest BCUT2D eigenvalue weighted by Crippen LogP contribution is 2.34. The summed E-state index contributed by atoms with van der Waals surface area (Å²) in [6.07, 6.45) is 1.87. The summed E-state index contributed by atoms with van der Waals surface area (Å²) in [7, 11) is 0. The van der Waals surface area contributed by atoms with Gasteiger partial charge < -0.3 is 16.0 Å². The number of carbonyl (C=O) groups excluding carboxylic acids is 2. The highest BCUT2D eigenvalue weighted by Gasteiger charge is 2.34. The van der Waals surface area contributed by atoms with E-state index >= 15 is 0 Å². The third-order valence-electron chi connectivity index (χ3n) is 5.67. The molecule has 4 aromatic rings. The smallest absolute Gasteiger partial charge is 0.319 e. The van der Waals surface area contributed by atoms with Gasteiger partial charge in [-0.25, -0.2) is 9.48 Å². The number of hydrogen-bond acceptors (Lipinski definition) is 3. The van der Waals surface area contributed by atoms with Gasteiger partial charge in [0.2, 0.25) is 0 Å². The van der Waals surface area contributed by atoms with E-state index in [1.165, 1.54) is 0 Å². The zero-order valence-electron chi connectivity index (χ0n) is 18.5. The average molecular weight is 450 g/mol. The van der Waals surface area contributed by atoms with Gasteiger partial charge in [-0.2, -0.15) is 5.10 Å². The number of nitrogens with zero attached hydrogens (tertiary/aromatic N) is 2. The zero-order valence-corrected chi connectivity index (χ0v) is 18.5. The minimum atomic E-state index is -0.690.